The number of fused-ring (bicyclic) bond motifs is 2. The first-order chi connectivity index (χ1) is 12.9. The van der Waals surface area contributed by atoms with Crippen LogP contribution in [-0.4, -0.2) is 42.9 Å². The minimum absolute atomic E-state index is 0. The summed E-state index contributed by atoms with van der Waals surface area (Å²) in [7, 11) is 4.60. The van der Waals surface area contributed by atoms with E-state index < -0.39 is 0 Å². The topological polar surface area (TPSA) is 29.5 Å². The van der Waals surface area contributed by atoms with E-state index in [4.69, 9.17) is 4.74 Å². The molecule has 2 aromatic rings. The van der Waals surface area contributed by atoms with Gasteiger partial charge in [-0.2, -0.15) is 0 Å². The van der Waals surface area contributed by atoms with Crippen molar-refractivity contribution < 1.29 is 35.4 Å². The zero-order valence-corrected chi connectivity index (χ0v) is 18.6. The van der Waals surface area contributed by atoms with Crippen molar-refractivity contribution in [1.29, 1.82) is 0 Å². The van der Waals surface area contributed by atoms with E-state index in [1.54, 1.807) is 17.0 Å². The third kappa shape index (κ3) is 4.26. The smallest absolute Gasteiger partial charge is 0.415 e. The van der Waals surface area contributed by atoms with Gasteiger partial charge in [0.2, 0.25) is 0 Å². The Kier molecular flexibility index (Phi) is 6.47. The number of carbonyl (C=O) groups is 1. The standard InChI is InChI=1S/C21H26FN2O2S.BrH/c1-24(2)17-9-10-18(24)13-19(12-17)26-21(25)23(20-4-3-11-27-20)14-15-5-7-16(22)8-6-15;/h3-8,11,17-19H,9-10,12-14H2,1-2H3;1H/q+1;/p-1. The number of quaternary nitrogens is 1. The minimum atomic E-state index is -0.307. The van der Waals surface area contributed by atoms with Crippen LogP contribution in [0.15, 0.2) is 41.8 Å². The predicted molar refractivity (Wildman–Crippen MR) is 105 cm³/mol. The number of hydrogen-bond donors (Lipinski definition) is 0. The monoisotopic (exact) mass is 468 g/mol. The molecule has 1 amide bonds. The maximum absolute atomic E-state index is 13.2. The molecule has 2 unspecified atom stereocenters. The van der Waals surface area contributed by atoms with Crippen molar-refractivity contribution in [2.24, 2.45) is 0 Å². The maximum Gasteiger partial charge on any atom is 0.415 e. The van der Waals surface area contributed by atoms with Crippen molar-refractivity contribution >= 4 is 22.4 Å². The molecule has 1 aromatic carbocycles. The molecular weight excluding hydrogens is 443 g/mol. The summed E-state index contributed by atoms with van der Waals surface area (Å²) in [4.78, 5) is 14.7. The maximum atomic E-state index is 13.2. The lowest BCUT2D eigenvalue weighted by Gasteiger charge is -2.44. The number of halogens is 2. The van der Waals surface area contributed by atoms with Crippen LogP contribution < -0.4 is 21.9 Å². The molecule has 28 heavy (non-hydrogen) atoms. The fraction of sp³-hybridized carbons (Fsp3) is 0.476. The Morgan fingerprint density at radius 1 is 1.18 bits per heavy atom. The fourth-order valence-corrected chi connectivity index (χ4v) is 5.28. The van der Waals surface area contributed by atoms with Crippen LogP contribution in [0.4, 0.5) is 14.2 Å². The molecule has 4 rings (SSSR count). The second-order valence-electron chi connectivity index (χ2n) is 8.16. The summed E-state index contributed by atoms with van der Waals surface area (Å²) in [6, 6.07) is 11.3. The predicted octanol–water partition coefficient (Wildman–Crippen LogP) is 1.80. The third-order valence-electron chi connectivity index (χ3n) is 6.30. The first-order valence-electron chi connectivity index (χ1n) is 9.53. The molecule has 2 saturated heterocycles. The Hall–Kier alpha value is -1.44. The summed E-state index contributed by atoms with van der Waals surface area (Å²) >= 11 is 1.50. The van der Waals surface area contributed by atoms with Gasteiger partial charge in [-0.25, -0.2) is 9.18 Å². The first kappa shape index (κ1) is 21.3. The molecule has 152 valence electrons. The van der Waals surface area contributed by atoms with Crippen LogP contribution in [0.3, 0.4) is 0 Å². The van der Waals surface area contributed by atoms with Crippen LogP contribution in [0.5, 0.6) is 0 Å². The van der Waals surface area contributed by atoms with Crippen molar-refractivity contribution in [3.8, 4) is 0 Å². The molecule has 0 N–H and O–H groups in total. The summed E-state index contributed by atoms with van der Waals surface area (Å²) in [5, 5.41) is 2.79. The van der Waals surface area contributed by atoms with Gasteiger partial charge in [0.05, 0.1) is 32.7 Å². The second-order valence-corrected chi connectivity index (χ2v) is 9.08. The number of benzene rings is 1. The van der Waals surface area contributed by atoms with E-state index in [1.165, 1.54) is 36.3 Å². The Bertz CT molecular complexity index is 781. The van der Waals surface area contributed by atoms with Crippen molar-refractivity contribution in [2.45, 2.75) is 50.4 Å². The number of rotatable bonds is 4. The minimum Gasteiger partial charge on any atom is -1.00 e. The fourth-order valence-electron chi connectivity index (χ4n) is 4.56. The number of ether oxygens (including phenoxy) is 1. The Labute approximate surface area is 180 Å². The molecule has 2 bridgehead atoms. The average Bonchev–Trinajstić information content (AvgIpc) is 3.17. The first-order valence-corrected chi connectivity index (χ1v) is 10.4. The third-order valence-corrected chi connectivity index (χ3v) is 7.19. The zero-order chi connectivity index (χ0) is 19.0. The average molecular weight is 469 g/mol. The van der Waals surface area contributed by atoms with E-state index >= 15 is 0 Å². The Balaban J connectivity index is 0.00000225. The number of hydrogen-bond acceptors (Lipinski definition) is 3. The highest BCUT2D eigenvalue weighted by Gasteiger charge is 2.50. The number of carbonyl (C=O) groups excluding carboxylic acids is 1. The number of piperidine rings is 1. The highest BCUT2D eigenvalue weighted by molar-refractivity contribution is 7.14. The molecule has 2 aliphatic rings. The lowest BCUT2D eigenvalue weighted by atomic mass is 9.98. The van der Waals surface area contributed by atoms with E-state index in [-0.39, 0.29) is 35.0 Å². The lowest BCUT2D eigenvalue weighted by Crippen LogP contribution is -3.00. The molecule has 1 aromatic heterocycles. The molecule has 2 aliphatic heterocycles. The normalized spacial score (nSPS) is 25.0. The van der Waals surface area contributed by atoms with Gasteiger partial charge < -0.3 is 26.2 Å². The van der Waals surface area contributed by atoms with Gasteiger partial charge in [-0.05, 0) is 35.2 Å². The van der Waals surface area contributed by atoms with E-state index in [1.807, 2.05) is 17.5 Å². The highest BCUT2D eigenvalue weighted by Crippen LogP contribution is 2.40. The second kappa shape index (κ2) is 8.51. The van der Waals surface area contributed by atoms with Crippen LogP contribution in [0.25, 0.3) is 0 Å². The van der Waals surface area contributed by atoms with Crippen molar-refractivity contribution in [3.05, 3.63) is 53.2 Å². The summed E-state index contributed by atoms with van der Waals surface area (Å²) in [6.07, 6.45) is 3.98. The number of nitrogens with zero attached hydrogens (tertiary/aromatic N) is 2. The van der Waals surface area contributed by atoms with Gasteiger partial charge in [0.15, 0.2) is 0 Å². The molecule has 7 heteroatoms. The highest BCUT2D eigenvalue weighted by atomic mass is 79.9. The van der Waals surface area contributed by atoms with Crippen LogP contribution in [0.2, 0.25) is 0 Å². The summed E-state index contributed by atoms with van der Waals surface area (Å²) in [6.45, 7) is 0.376. The van der Waals surface area contributed by atoms with Crippen LogP contribution >= 0.6 is 11.3 Å². The van der Waals surface area contributed by atoms with Gasteiger partial charge in [0, 0.05) is 25.7 Å². The molecule has 0 radical (unpaired) electrons. The lowest BCUT2D eigenvalue weighted by molar-refractivity contribution is -0.931. The zero-order valence-electron chi connectivity index (χ0n) is 16.2. The van der Waals surface area contributed by atoms with Gasteiger partial charge in [0.25, 0.3) is 0 Å². The van der Waals surface area contributed by atoms with Gasteiger partial charge in [-0.15, -0.1) is 11.3 Å². The molecule has 0 aliphatic carbocycles. The molecule has 2 atom stereocenters. The van der Waals surface area contributed by atoms with E-state index in [2.05, 4.69) is 14.1 Å². The van der Waals surface area contributed by atoms with Gasteiger partial charge in [-0.3, -0.25) is 4.90 Å². The van der Waals surface area contributed by atoms with Crippen LogP contribution in [0, 0.1) is 5.82 Å². The van der Waals surface area contributed by atoms with Gasteiger partial charge >= 0.3 is 6.09 Å². The Morgan fingerprint density at radius 2 is 1.82 bits per heavy atom. The summed E-state index contributed by atoms with van der Waals surface area (Å²) in [5.74, 6) is -0.276. The summed E-state index contributed by atoms with van der Waals surface area (Å²) in [5.41, 5.74) is 0.878. The molecule has 2 fully saturated rings. The summed E-state index contributed by atoms with van der Waals surface area (Å²) < 4.78 is 20.2. The van der Waals surface area contributed by atoms with Crippen molar-refractivity contribution in [1.82, 2.24) is 0 Å². The van der Waals surface area contributed by atoms with E-state index in [0.717, 1.165) is 27.9 Å². The Morgan fingerprint density at radius 3 is 2.39 bits per heavy atom. The number of anilines is 1. The van der Waals surface area contributed by atoms with Crippen LogP contribution in [0.1, 0.15) is 31.2 Å². The quantitative estimate of drug-likeness (QED) is 0.640. The van der Waals surface area contributed by atoms with Crippen LogP contribution in [-0.2, 0) is 11.3 Å². The molecule has 0 spiro atoms. The number of thiophene rings is 1. The van der Waals surface area contributed by atoms with Gasteiger partial charge in [-0.1, -0.05) is 12.1 Å². The van der Waals surface area contributed by atoms with E-state index in [9.17, 15) is 9.18 Å². The molecular formula is C21H26BrFN2O2S. The molecule has 3 heterocycles. The van der Waals surface area contributed by atoms with Crippen molar-refractivity contribution in [2.75, 3.05) is 19.0 Å². The SMILES string of the molecule is C[N+]1(C)C2CCC1CC(OC(=O)N(Cc1ccc(F)cc1)c1cccs1)C2.[Br-]. The number of amides is 1. The molecule has 4 nitrogen and oxygen atoms in total. The largest absolute Gasteiger partial charge is 1.00 e. The molecule has 0 saturated carbocycles. The van der Waals surface area contributed by atoms with E-state index in [0.29, 0.717) is 18.6 Å². The van der Waals surface area contributed by atoms with Gasteiger partial charge in [0.1, 0.15) is 16.9 Å². The van der Waals surface area contributed by atoms with Crippen molar-refractivity contribution in [3.63, 3.8) is 0 Å².